The molecule has 0 aromatic heterocycles. The van der Waals surface area contributed by atoms with Crippen LogP contribution in [-0.4, -0.2) is 13.0 Å². The number of unbranched alkanes of at least 4 members (excludes halogenated alkanes) is 9. The van der Waals surface area contributed by atoms with Crippen LogP contribution in [0.2, 0.25) is 0 Å². The van der Waals surface area contributed by atoms with Crippen molar-refractivity contribution in [3.8, 4) is 0 Å². The van der Waals surface area contributed by atoms with Crippen LogP contribution in [0.5, 0.6) is 0 Å². The van der Waals surface area contributed by atoms with Crippen LogP contribution in [0.3, 0.4) is 0 Å². The summed E-state index contributed by atoms with van der Waals surface area (Å²) in [5.41, 5.74) is 2.15. The minimum Gasteiger partial charge on any atom is -0.744 e. The lowest BCUT2D eigenvalue weighted by Gasteiger charge is -2.17. The van der Waals surface area contributed by atoms with E-state index in [2.05, 4.69) is 13.5 Å². The van der Waals surface area contributed by atoms with Gasteiger partial charge in [-0.3, -0.25) is 0 Å². The third-order valence-corrected chi connectivity index (χ3v) is 9.56. The summed E-state index contributed by atoms with van der Waals surface area (Å²) in [7, 11) is -5.96. The Bertz CT molecular complexity index is 910. The molecule has 2 aromatic carbocycles. The van der Waals surface area contributed by atoms with Gasteiger partial charge in [0.1, 0.15) is 15.4 Å². The van der Waals surface area contributed by atoms with Crippen molar-refractivity contribution in [2.24, 2.45) is 0 Å². The predicted octanol–water partition coefficient (Wildman–Crippen LogP) is 7.24. The van der Waals surface area contributed by atoms with Crippen LogP contribution in [0.25, 0.3) is 0 Å². The third-order valence-electron chi connectivity index (χ3n) is 5.99. The number of hydrogen-bond donors (Lipinski definition) is 0. The molecule has 32 heavy (non-hydrogen) atoms. The number of aryl methyl sites for hydroxylation is 1. The first-order chi connectivity index (χ1) is 15.5. The Morgan fingerprint density at radius 1 is 0.844 bits per heavy atom. The van der Waals surface area contributed by atoms with E-state index in [4.69, 9.17) is 0 Å². The standard InChI is InChI=1S/C27H39O3PS/c1-3-5-6-7-8-9-10-11-12-16-20-25-21-17-22-26(32(28,29)30)27(25)31(4-2)23-24-18-14-13-15-19-24/h4,13-15,17-19,21-22H,2-3,5-12,16,20,23H2,1H3,(H,28,29,30). The largest absolute Gasteiger partial charge is 0.744 e. The van der Waals surface area contributed by atoms with Gasteiger partial charge in [-0.2, -0.15) is 0 Å². The highest BCUT2D eigenvalue weighted by atomic mass is 32.2. The lowest BCUT2D eigenvalue weighted by molar-refractivity contribution is 0.463. The first kappa shape index (κ1) is 26.8. The molecular weight excluding hydrogens is 435 g/mol. The smallest absolute Gasteiger partial charge is 0.128 e. The molecule has 3 nitrogen and oxygen atoms in total. The van der Waals surface area contributed by atoms with E-state index in [1.54, 1.807) is 6.07 Å². The zero-order valence-corrected chi connectivity index (χ0v) is 21.3. The molecule has 0 saturated carbocycles. The van der Waals surface area contributed by atoms with Crippen LogP contribution in [0, 0.1) is 0 Å². The molecule has 0 bridgehead atoms. The van der Waals surface area contributed by atoms with Gasteiger partial charge in [0.15, 0.2) is 0 Å². The highest BCUT2D eigenvalue weighted by molar-refractivity contribution is 7.86. The number of rotatable bonds is 16. The average molecular weight is 475 g/mol. The molecule has 0 radical (unpaired) electrons. The van der Waals surface area contributed by atoms with Crippen molar-refractivity contribution in [3.63, 3.8) is 0 Å². The fourth-order valence-electron chi connectivity index (χ4n) is 4.24. The van der Waals surface area contributed by atoms with E-state index in [0.29, 0.717) is 0 Å². The zero-order chi connectivity index (χ0) is 23.2. The first-order valence-electron chi connectivity index (χ1n) is 12.1. The fourth-order valence-corrected chi connectivity index (χ4v) is 7.85. The normalized spacial score (nSPS) is 12.6. The maximum Gasteiger partial charge on any atom is 0.128 e. The third kappa shape index (κ3) is 9.17. The van der Waals surface area contributed by atoms with Gasteiger partial charge < -0.3 is 4.55 Å². The molecule has 0 aliphatic carbocycles. The van der Waals surface area contributed by atoms with Gasteiger partial charge in [0, 0.05) is 0 Å². The Morgan fingerprint density at radius 2 is 1.44 bits per heavy atom. The molecular formula is C27H39O3PS. The second-order valence-electron chi connectivity index (χ2n) is 8.57. The van der Waals surface area contributed by atoms with E-state index >= 15 is 0 Å². The van der Waals surface area contributed by atoms with Gasteiger partial charge >= 0.3 is 0 Å². The highest BCUT2D eigenvalue weighted by Crippen LogP contribution is 2.43. The second kappa shape index (κ2) is 14.6. The van der Waals surface area contributed by atoms with Crippen molar-refractivity contribution < 1.29 is 13.0 Å². The van der Waals surface area contributed by atoms with Crippen molar-refractivity contribution in [2.75, 3.05) is 0 Å². The predicted molar refractivity (Wildman–Crippen MR) is 138 cm³/mol. The molecule has 2 aromatic rings. The van der Waals surface area contributed by atoms with Gasteiger partial charge in [-0.15, -0.1) is 0 Å². The molecule has 0 heterocycles. The molecule has 0 fully saturated rings. The summed E-state index contributed by atoms with van der Waals surface area (Å²) in [5, 5.41) is 0.738. The zero-order valence-electron chi connectivity index (χ0n) is 19.5. The van der Waals surface area contributed by atoms with Gasteiger partial charge in [0.25, 0.3) is 0 Å². The minimum absolute atomic E-state index is 0.0493. The maximum absolute atomic E-state index is 12.0. The van der Waals surface area contributed by atoms with Crippen molar-refractivity contribution in [3.05, 3.63) is 72.1 Å². The fraction of sp³-hybridized carbons (Fsp3) is 0.481. The van der Waals surface area contributed by atoms with Crippen LogP contribution in [0.15, 0.2) is 65.8 Å². The van der Waals surface area contributed by atoms with Gasteiger partial charge in [-0.1, -0.05) is 114 Å². The molecule has 1 atom stereocenters. The summed E-state index contributed by atoms with van der Waals surface area (Å²) in [4.78, 5) is -0.0493. The summed E-state index contributed by atoms with van der Waals surface area (Å²) in [6, 6.07) is 15.2. The van der Waals surface area contributed by atoms with E-state index in [9.17, 15) is 13.0 Å². The van der Waals surface area contributed by atoms with Crippen LogP contribution >= 0.6 is 7.92 Å². The SMILES string of the molecule is C=C[PH+](Cc1ccccc1)c1c(CCCCCCCCCCCC)cccc1S(=O)(=O)[O-]. The lowest BCUT2D eigenvalue weighted by Crippen LogP contribution is -2.18. The first-order valence-corrected chi connectivity index (χ1v) is 15.3. The topological polar surface area (TPSA) is 57.2 Å². The lowest BCUT2D eigenvalue weighted by atomic mass is 10.0. The van der Waals surface area contributed by atoms with Gasteiger partial charge in [0.05, 0.1) is 24.8 Å². The Kier molecular flexibility index (Phi) is 12.2. The van der Waals surface area contributed by atoms with Crippen molar-refractivity contribution in [1.82, 2.24) is 0 Å². The van der Waals surface area contributed by atoms with Gasteiger partial charge in [0.2, 0.25) is 0 Å². The molecule has 0 spiro atoms. The molecule has 0 N–H and O–H groups in total. The summed E-state index contributed by atoms with van der Waals surface area (Å²) in [6.07, 6.45) is 14.2. The quantitative estimate of drug-likeness (QED) is 0.146. The minimum atomic E-state index is -4.53. The molecule has 0 aliphatic heterocycles. The van der Waals surface area contributed by atoms with Crippen LogP contribution < -0.4 is 5.30 Å². The molecule has 0 aliphatic rings. The molecule has 176 valence electrons. The number of hydrogen-bond acceptors (Lipinski definition) is 3. The summed E-state index contributed by atoms with van der Waals surface area (Å²) in [6.45, 7) is 6.25. The van der Waals surface area contributed by atoms with E-state index in [1.165, 1.54) is 57.4 Å². The van der Waals surface area contributed by atoms with Crippen molar-refractivity contribution in [2.45, 2.75) is 88.6 Å². The molecule has 2 rings (SSSR count). The monoisotopic (exact) mass is 474 g/mol. The van der Waals surface area contributed by atoms with Crippen molar-refractivity contribution in [1.29, 1.82) is 0 Å². The molecule has 5 heteroatoms. The highest BCUT2D eigenvalue weighted by Gasteiger charge is 2.26. The van der Waals surface area contributed by atoms with Crippen LogP contribution in [0.4, 0.5) is 0 Å². The average Bonchev–Trinajstić information content (AvgIpc) is 2.78. The van der Waals surface area contributed by atoms with E-state index in [0.717, 1.165) is 41.9 Å². The second-order valence-corrected chi connectivity index (χ2v) is 12.2. The molecule has 0 saturated heterocycles. The van der Waals surface area contributed by atoms with Crippen LogP contribution in [0.1, 0.15) is 82.3 Å². The molecule has 0 amide bonds. The Morgan fingerprint density at radius 3 is 2.00 bits per heavy atom. The Labute approximate surface area is 196 Å². The van der Waals surface area contributed by atoms with E-state index < -0.39 is 18.0 Å². The van der Waals surface area contributed by atoms with E-state index in [1.807, 2.05) is 42.2 Å². The summed E-state index contributed by atoms with van der Waals surface area (Å²) in [5.74, 6) is 1.88. The van der Waals surface area contributed by atoms with Crippen LogP contribution in [-0.2, 0) is 22.7 Å². The van der Waals surface area contributed by atoms with Gasteiger partial charge in [-0.05, 0) is 30.0 Å². The summed E-state index contributed by atoms with van der Waals surface area (Å²) < 4.78 is 36.1. The summed E-state index contributed by atoms with van der Waals surface area (Å²) >= 11 is 0. The molecule has 1 unspecified atom stereocenters. The maximum atomic E-state index is 12.0. The number of benzene rings is 2. The van der Waals surface area contributed by atoms with Crippen molar-refractivity contribution >= 4 is 23.3 Å². The Hall–Kier alpha value is -1.48. The van der Waals surface area contributed by atoms with Gasteiger partial charge in [-0.25, -0.2) is 8.42 Å². The van der Waals surface area contributed by atoms with E-state index in [-0.39, 0.29) is 4.90 Å². The Balaban J connectivity index is 2.02.